The van der Waals surface area contributed by atoms with Gasteiger partial charge in [-0.15, -0.1) is 0 Å². The number of aliphatic hydroxyl groups excluding tert-OH is 1. The van der Waals surface area contributed by atoms with E-state index in [0.717, 1.165) is 6.42 Å². The van der Waals surface area contributed by atoms with E-state index in [-0.39, 0.29) is 12.1 Å². The fourth-order valence-corrected chi connectivity index (χ4v) is 1.05. The van der Waals surface area contributed by atoms with E-state index < -0.39 is 5.60 Å². The van der Waals surface area contributed by atoms with Crippen molar-refractivity contribution in [2.24, 2.45) is 5.73 Å². The Morgan fingerprint density at radius 3 is 2.09 bits per heavy atom. The van der Waals surface area contributed by atoms with Gasteiger partial charge in [-0.1, -0.05) is 6.92 Å². The monoisotopic (exact) mass is 161 g/mol. The Balaban J connectivity index is 4.02. The normalized spacial score (nSPS) is 22.4. The van der Waals surface area contributed by atoms with E-state index in [1.165, 1.54) is 0 Å². The minimum Gasteiger partial charge on any atom is -0.393 e. The van der Waals surface area contributed by atoms with E-state index in [1.807, 2.05) is 13.8 Å². The van der Waals surface area contributed by atoms with Crippen LogP contribution < -0.4 is 5.73 Å². The Hall–Kier alpha value is -0.120. The topological polar surface area (TPSA) is 66.5 Å². The zero-order chi connectivity index (χ0) is 9.12. The predicted octanol–water partition coefficient (Wildman–Crippen LogP) is 0.247. The van der Waals surface area contributed by atoms with Crippen LogP contribution in [0.25, 0.3) is 0 Å². The van der Waals surface area contributed by atoms with Gasteiger partial charge in [0.25, 0.3) is 0 Å². The SMILES string of the molecule is CCC(C)(N)CC(C)(O)CO. The molecule has 11 heavy (non-hydrogen) atoms. The van der Waals surface area contributed by atoms with Crippen molar-refractivity contribution in [3.05, 3.63) is 0 Å². The summed E-state index contributed by atoms with van der Waals surface area (Å²) in [4.78, 5) is 0. The number of hydrogen-bond acceptors (Lipinski definition) is 3. The maximum Gasteiger partial charge on any atom is 0.0866 e. The third kappa shape index (κ3) is 4.35. The van der Waals surface area contributed by atoms with E-state index in [4.69, 9.17) is 10.8 Å². The van der Waals surface area contributed by atoms with Crippen molar-refractivity contribution in [2.75, 3.05) is 6.61 Å². The fraction of sp³-hybridized carbons (Fsp3) is 1.00. The molecule has 4 N–H and O–H groups in total. The predicted molar refractivity (Wildman–Crippen MR) is 45.2 cm³/mol. The number of hydrogen-bond donors (Lipinski definition) is 3. The molecule has 0 spiro atoms. The second-order valence-corrected chi connectivity index (χ2v) is 3.84. The molecular formula is C8H19NO2. The van der Waals surface area contributed by atoms with Crippen molar-refractivity contribution in [1.29, 1.82) is 0 Å². The highest BCUT2D eigenvalue weighted by molar-refractivity contribution is 4.86. The first-order chi connectivity index (χ1) is 4.83. The summed E-state index contributed by atoms with van der Waals surface area (Å²) in [6.45, 7) is 5.19. The molecule has 0 aromatic heterocycles. The third-order valence-electron chi connectivity index (χ3n) is 1.93. The molecule has 0 aliphatic rings. The molecule has 2 atom stereocenters. The first-order valence-electron chi connectivity index (χ1n) is 3.95. The van der Waals surface area contributed by atoms with Gasteiger partial charge in [0, 0.05) is 5.54 Å². The maximum atomic E-state index is 9.46. The largest absolute Gasteiger partial charge is 0.393 e. The molecule has 0 fully saturated rings. The highest BCUT2D eigenvalue weighted by Crippen LogP contribution is 2.20. The third-order valence-corrected chi connectivity index (χ3v) is 1.93. The molecule has 0 bridgehead atoms. The van der Waals surface area contributed by atoms with Crippen molar-refractivity contribution in [1.82, 2.24) is 0 Å². The molecule has 0 heterocycles. The fourth-order valence-electron chi connectivity index (χ4n) is 1.05. The Morgan fingerprint density at radius 2 is 1.82 bits per heavy atom. The zero-order valence-electron chi connectivity index (χ0n) is 7.59. The average Bonchev–Trinajstić information content (AvgIpc) is 1.86. The first-order valence-corrected chi connectivity index (χ1v) is 3.95. The van der Waals surface area contributed by atoms with Crippen LogP contribution in [0.15, 0.2) is 0 Å². The smallest absolute Gasteiger partial charge is 0.0866 e. The van der Waals surface area contributed by atoms with Gasteiger partial charge in [-0.3, -0.25) is 0 Å². The van der Waals surface area contributed by atoms with Gasteiger partial charge in [0.2, 0.25) is 0 Å². The Labute approximate surface area is 68.2 Å². The summed E-state index contributed by atoms with van der Waals surface area (Å²) in [5.74, 6) is 0. The van der Waals surface area contributed by atoms with Crippen LogP contribution in [0.4, 0.5) is 0 Å². The molecule has 0 amide bonds. The molecule has 0 aromatic carbocycles. The minimum atomic E-state index is -1.04. The lowest BCUT2D eigenvalue weighted by Crippen LogP contribution is -2.45. The summed E-state index contributed by atoms with van der Waals surface area (Å²) in [5.41, 5.74) is 4.38. The molecule has 3 nitrogen and oxygen atoms in total. The van der Waals surface area contributed by atoms with E-state index in [1.54, 1.807) is 6.92 Å². The second kappa shape index (κ2) is 3.52. The number of nitrogens with two attached hydrogens (primary N) is 1. The molecule has 68 valence electrons. The van der Waals surface area contributed by atoms with Crippen LogP contribution in [0.5, 0.6) is 0 Å². The molecule has 0 aliphatic carbocycles. The van der Waals surface area contributed by atoms with E-state index >= 15 is 0 Å². The Bertz CT molecular complexity index is 107. The highest BCUT2D eigenvalue weighted by atomic mass is 16.3. The molecule has 0 radical (unpaired) electrons. The van der Waals surface area contributed by atoms with Crippen molar-refractivity contribution in [2.45, 2.75) is 44.8 Å². The maximum absolute atomic E-state index is 9.46. The second-order valence-electron chi connectivity index (χ2n) is 3.84. The summed E-state index contributed by atoms with van der Waals surface area (Å²) in [7, 11) is 0. The van der Waals surface area contributed by atoms with Crippen LogP contribution in [0.3, 0.4) is 0 Å². The zero-order valence-corrected chi connectivity index (χ0v) is 7.59. The summed E-state index contributed by atoms with van der Waals surface area (Å²) in [6, 6.07) is 0. The van der Waals surface area contributed by atoms with Crippen LogP contribution in [-0.2, 0) is 0 Å². The molecule has 0 aliphatic heterocycles. The van der Waals surface area contributed by atoms with Gasteiger partial charge in [0.1, 0.15) is 0 Å². The van der Waals surface area contributed by atoms with Gasteiger partial charge in [-0.2, -0.15) is 0 Å². The molecule has 0 saturated heterocycles. The molecule has 0 rings (SSSR count). The van der Waals surface area contributed by atoms with Gasteiger partial charge in [-0.05, 0) is 26.7 Å². The van der Waals surface area contributed by atoms with Gasteiger partial charge in [0.15, 0.2) is 0 Å². The van der Waals surface area contributed by atoms with Gasteiger partial charge in [-0.25, -0.2) is 0 Å². The number of aliphatic hydroxyl groups is 2. The highest BCUT2D eigenvalue weighted by Gasteiger charge is 2.28. The van der Waals surface area contributed by atoms with Crippen molar-refractivity contribution in [3.63, 3.8) is 0 Å². The number of rotatable bonds is 4. The quantitative estimate of drug-likeness (QED) is 0.553. The van der Waals surface area contributed by atoms with Gasteiger partial charge in [0.05, 0.1) is 12.2 Å². The van der Waals surface area contributed by atoms with Crippen molar-refractivity contribution in [3.8, 4) is 0 Å². The summed E-state index contributed by atoms with van der Waals surface area (Å²) < 4.78 is 0. The Morgan fingerprint density at radius 1 is 1.36 bits per heavy atom. The van der Waals surface area contributed by atoms with E-state index in [0.29, 0.717) is 6.42 Å². The van der Waals surface area contributed by atoms with Gasteiger partial charge >= 0.3 is 0 Å². The summed E-state index contributed by atoms with van der Waals surface area (Å²) in [6.07, 6.45) is 1.22. The molecule has 2 unspecified atom stereocenters. The lowest BCUT2D eigenvalue weighted by atomic mass is 9.86. The summed E-state index contributed by atoms with van der Waals surface area (Å²) >= 11 is 0. The molecule has 3 heteroatoms. The molecule has 0 aromatic rings. The lowest BCUT2D eigenvalue weighted by Gasteiger charge is -2.31. The first kappa shape index (κ1) is 10.9. The van der Waals surface area contributed by atoms with Crippen LogP contribution >= 0.6 is 0 Å². The van der Waals surface area contributed by atoms with Crippen LogP contribution in [-0.4, -0.2) is 28.0 Å². The average molecular weight is 161 g/mol. The summed E-state index contributed by atoms with van der Waals surface area (Å²) in [5, 5.41) is 18.2. The van der Waals surface area contributed by atoms with Crippen LogP contribution in [0.2, 0.25) is 0 Å². The molecular weight excluding hydrogens is 142 g/mol. The standard InChI is InChI=1S/C8H19NO2/c1-4-7(2,9)5-8(3,11)6-10/h10-11H,4-6,9H2,1-3H3. The Kier molecular flexibility index (Phi) is 3.48. The van der Waals surface area contributed by atoms with E-state index in [9.17, 15) is 5.11 Å². The lowest BCUT2D eigenvalue weighted by molar-refractivity contribution is -0.0205. The minimum absolute atomic E-state index is 0.236. The van der Waals surface area contributed by atoms with E-state index in [2.05, 4.69) is 0 Å². The van der Waals surface area contributed by atoms with Crippen LogP contribution in [0, 0.1) is 0 Å². The molecule has 0 saturated carbocycles. The van der Waals surface area contributed by atoms with Crippen molar-refractivity contribution < 1.29 is 10.2 Å². The van der Waals surface area contributed by atoms with Crippen LogP contribution in [0.1, 0.15) is 33.6 Å². The van der Waals surface area contributed by atoms with Gasteiger partial charge < -0.3 is 15.9 Å². The van der Waals surface area contributed by atoms with Crippen molar-refractivity contribution >= 4 is 0 Å².